The zero-order valence-electron chi connectivity index (χ0n) is 11.1. The summed E-state index contributed by atoms with van der Waals surface area (Å²) < 4.78 is 10.8. The molecule has 0 fully saturated rings. The molecule has 1 rings (SSSR count). The number of carbonyl (C=O) groups is 1. The number of ether oxygens (including phenoxy) is 2. The number of hydrogen-bond acceptors (Lipinski definition) is 4. The van der Waals surface area contributed by atoms with E-state index in [0.717, 1.165) is 5.56 Å². The quantitative estimate of drug-likeness (QED) is 0.795. The first kappa shape index (κ1) is 15.6. The lowest BCUT2D eigenvalue weighted by molar-refractivity contribution is -0.118. The first-order valence-corrected chi connectivity index (χ1v) is 6.35. The summed E-state index contributed by atoms with van der Waals surface area (Å²) in [7, 11) is 1.53. The number of primary amides is 1. The van der Waals surface area contributed by atoms with Gasteiger partial charge in [-0.25, -0.2) is 0 Å². The molecule has 0 aliphatic carbocycles. The normalized spacial score (nSPS) is 12.0. The third-order valence-electron chi connectivity index (χ3n) is 2.45. The maximum atomic E-state index is 10.7. The summed E-state index contributed by atoms with van der Waals surface area (Å²) >= 11 is 6.02. The number of benzene rings is 1. The highest BCUT2D eigenvalue weighted by Crippen LogP contribution is 2.35. The molecule has 0 bridgehead atoms. The van der Waals surface area contributed by atoms with Crippen molar-refractivity contribution >= 4 is 17.5 Å². The fourth-order valence-electron chi connectivity index (χ4n) is 1.69. The summed E-state index contributed by atoms with van der Waals surface area (Å²) in [4.78, 5) is 10.7. The monoisotopic (exact) mass is 286 g/mol. The zero-order valence-corrected chi connectivity index (χ0v) is 11.9. The fourth-order valence-corrected chi connectivity index (χ4v) is 1.92. The standard InChI is InChI=1S/C13H19ClN2O3/c1-8(15)5-9-6-10(14)7-11(18-2)13(9)19-4-3-12(16)17/h6-8H,3-5,15H2,1-2H3,(H2,16,17). The molecule has 1 aromatic rings. The SMILES string of the molecule is COc1cc(Cl)cc(CC(C)N)c1OCCC(N)=O. The van der Waals surface area contributed by atoms with Gasteiger partial charge in [-0.1, -0.05) is 11.6 Å². The summed E-state index contributed by atoms with van der Waals surface area (Å²) in [6, 6.07) is 3.40. The molecule has 1 amide bonds. The van der Waals surface area contributed by atoms with Gasteiger partial charge < -0.3 is 20.9 Å². The summed E-state index contributed by atoms with van der Waals surface area (Å²) in [6.45, 7) is 2.08. The van der Waals surface area contributed by atoms with E-state index in [0.29, 0.717) is 22.9 Å². The van der Waals surface area contributed by atoms with Crippen LogP contribution in [-0.4, -0.2) is 25.7 Å². The van der Waals surface area contributed by atoms with Crippen LogP contribution in [0.15, 0.2) is 12.1 Å². The molecule has 1 aromatic carbocycles. The molecule has 5 nitrogen and oxygen atoms in total. The van der Waals surface area contributed by atoms with Gasteiger partial charge in [0, 0.05) is 22.7 Å². The Morgan fingerprint density at radius 3 is 2.68 bits per heavy atom. The molecular formula is C13H19ClN2O3. The van der Waals surface area contributed by atoms with Gasteiger partial charge >= 0.3 is 0 Å². The lowest BCUT2D eigenvalue weighted by atomic mass is 10.1. The molecule has 6 heteroatoms. The highest BCUT2D eigenvalue weighted by atomic mass is 35.5. The third-order valence-corrected chi connectivity index (χ3v) is 2.67. The Morgan fingerprint density at radius 2 is 2.16 bits per heavy atom. The molecule has 1 unspecified atom stereocenters. The van der Waals surface area contributed by atoms with Crippen LogP contribution in [0.25, 0.3) is 0 Å². The number of hydrogen-bond donors (Lipinski definition) is 2. The number of methoxy groups -OCH3 is 1. The van der Waals surface area contributed by atoms with E-state index in [2.05, 4.69) is 0 Å². The number of rotatable bonds is 7. The number of nitrogens with two attached hydrogens (primary N) is 2. The van der Waals surface area contributed by atoms with Crippen molar-refractivity contribution in [2.45, 2.75) is 25.8 Å². The Hall–Kier alpha value is -1.46. The molecular weight excluding hydrogens is 268 g/mol. The van der Waals surface area contributed by atoms with Crippen LogP contribution >= 0.6 is 11.6 Å². The zero-order chi connectivity index (χ0) is 14.4. The second-order valence-electron chi connectivity index (χ2n) is 4.34. The van der Waals surface area contributed by atoms with Crippen molar-refractivity contribution in [3.05, 3.63) is 22.7 Å². The van der Waals surface area contributed by atoms with E-state index in [1.807, 2.05) is 6.92 Å². The summed E-state index contributed by atoms with van der Waals surface area (Å²) in [5, 5.41) is 0.551. The van der Waals surface area contributed by atoms with Crippen LogP contribution in [0.5, 0.6) is 11.5 Å². The van der Waals surface area contributed by atoms with E-state index >= 15 is 0 Å². The van der Waals surface area contributed by atoms with Crippen LogP contribution in [-0.2, 0) is 11.2 Å². The summed E-state index contributed by atoms with van der Waals surface area (Å²) in [5.74, 6) is 0.666. The maximum Gasteiger partial charge on any atom is 0.220 e. The van der Waals surface area contributed by atoms with Crippen molar-refractivity contribution in [2.24, 2.45) is 11.5 Å². The molecule has 1 atom stereocenters. The number of amides is 1. The van der Waals surface area contributed by atoms with Gasteiger partial charge in [-0.2, -0.15) is 0 Å². The molecule has 0 aliphatic rings. The molecule has 19 heavy (non-hydrogen) atoms. The van der Waals surface area contributed by atoms with Crippen LogP contribution in [0.3, 0.4) is 0 Å². The van der Waals surface area contributed by atoms with Gasteiger partial charge in [-0.3, -0.25) is 4.79 Å². The third kappa shape index (κ3) is 4.96. The molecule has 0 aliphatic heterocycles. The Balaban J connectivity index is 2.98. The predicted molar refractivity (Wildman–Crippen MR) is 74.7 cm³/mol. The first-order chi connectivity index (χ1) is 8.93. The highest BCUT2D eigenvalue weighted by molar-refractivity contribution is 6.30. The van der Waals surface area contributed by atoms with E-state index in [9.17, 15) is 4.79 Å². The van der Waals surface area contributed by atoms with E-state index in [4.69, 9.17) is 32.5 Å². The average Bonchev–Trinajstić information content (AvgIpc) is 2.30. The first-order valence-electron chi connectivity index (χ1n) is 5.97. The van der Waals surface area contributed by atoms with E-state index in [-0.39, 0.29) is 19.1 Å². The number of halogens is 1. The van der Waals surface area contributed by atoms with Crippen molar-refractivity contribution in [3.63, 3.8) is 0 Å². The van der Waals surface area contributed by atoms with Crippen molar-refractivity contribution in [3.8, 4) is 11.5 Å². The Kier molecular flexibility index (Phi) is 5.92. The van der Waals surface area contributed by atoms with Gasteiger partial charge in [-0.05, 0) is 19.4 Å². The van der Waals surface area contributed by atoms with E-state index in [1.54, 1.807) is 12.1 Å². The Labute approximate surface area is 117 Å². The minimum atomic E-state index is -0.415. The van der Waals surface area contributed by atoms with Gasteiger partial charge in [0.25, 0.3) is 0 Å². The van der Waals surface area contributed by atoms with Crippen molar-refractivity contribution in [1.29, 1.82) is 0 Å². The van der Waals surface area contributed by atoms with Crippen molar-refractivity contribution < 1.29 is 14.3 Å². The van der Waals surface area contributed by atoms with Crippen molar-refractivity contribution in [2.75, 3.05) is 13.7 Å². The van der Waals surface area contributed by atoms with Gasteiger partial charge in [0.15, 0.2) is 11.5 Å². The smallest absolute Gasteiger partial charge is 0.220 e. The van der Waals surface area contributed by atoms with E-state index in [1.165, 1.54) is 7.11 Å². The second-order valence-corrected chi connectivity index (χ2v) is 4.78. The minimum Gasteiger partial charge on any atom is -0.493 e. The maximum absolute atomic E-state index is 10.7. The number of carbonyl (C=O) groups excluding carboxylic acids is 1. The van der Waals surface area contributed by atoms with Crippen molar-refractivity contribution in [1.82, 2.24) is 0 Å². The van der Waals surface area contributed by atoms with Crippen LogP contribution < -0.4 is 20.9 Å². The molecule has 4 N–H and O–H groups in total. The van der Waals surface area contributed by atoms with Crippen LogP contribution in [0, 0.1) is 0 Å². The molecule has 106 valence electrons. The van der Waals surface area contributed by atoms with Gasteiger partial charge in [0.05, 0.1) is 20.1 Å². The molecule has 0 saturated carbocycles. The largest absolute Gasteiger partial charge is 0.493 e. The lowest BCUT2D eigenvalue weighted by Gasteiger charge is -2.16. The van der Waals surface area contributed by atoms with Gasteiger partial charge in [-0.15, -0.1) is 0 Å². The topological polar surface area (TPSA) is 87.6 Å². The second kappa shape index (κ2) is 7.21. The molecule has 0 saturated heterocycles. The minimum absolute atomic E-state index is 0.0401. The van der Waals surface area contributed by atoms with Gasteiger partial charge in [0.1, 0.15) is 0 Å². The Morgan fingerprint density at radius 1 is 1.47 bits per heavy atom. The average molecular weight is 287 g/mol. The van der Waals surface area contributed by atoms with Crippen LogP contribution in [0.2, 0.25) is 5.02 Å². The fraction of sp³-hybridized carbons (Fsp3) is 0.462. The Bertz CT molecular complexity index is 450. The molecule has 0 heterocycles. The van der Waals surface area contributed by atoms with E-state index < -0.39 is 5.91 Å². The summed E-state index contributed by atoms with van der Waals surface area (Å²) in [5.41, 5.74) is 11.7. The molecule has 0 spiro atoms. The summed E-state index contributed by atoms with van der Waals surface area (Å²) in [6.07, 6.45) is 0.742. The van der Waals surface area contributed by atoms with Crippen LogP contribution in [0.1, 0.15) is 18.9 Å². The lowest BCUT2D eigenvalue weighted by Crippen LogP contribution is -2.19. The molecule has 0 radical (unpaired) electrons. The predicted octanol–water partition coefficient (Wildman–Crippen LogP) is 1.49. The highest BCUT2D eigenvalue weighted by Gasteiger charge is 2.14. The van der Waals surface area contributed by atoms with Crippen LogP contribution in [0.4, 0.5) is 0 Å². The van der Waals surface area contributed by atoms with Gasteiger partial charge in [0.2, 0.25) is 5.91 Å². The molecule has 0 aromatic heterocycles.